The minimum Gasteiger partial charge on any atom is -0.297 e. The Morgan fingerprint density at radius 3 is 2.47 bits per heavy atom. The van der Waals surface area contributed by atoms with Crippen LogP contribution >= 0.6 is 35.0 Å². The number of hydrogen-bond donors (Lipinski definition) is 0. The van der Waals surface area contributed by atoms with Crippen LogP contribution in [0.2, 0.25) is 10.0 Å². The number of rotatable bonds is 3. The maximum Gasteiger partial charge on any atom is 0.0548 e. The fourth-order valence-electron chi connectivity index (χ4n) is 4.53. The van der Waals surface area contributed by atoms with Crippen molar-refractivity contribution >= 4 is 35.0 Å². The van der Waals surface area contributed by atoms with Gasteiger partial charge in [-0.15, -0.1) is 0 Å². The SMILES string of the molecule is Clc1ccc2c(c1)C[C@H](N1CCN(Cc3ccccc3)CC1)c1cccc(Cl)c1S2. The average molecular weight is 455 g/mol. The highest BCUT2D eigenvalue weighted by atomic mass is 35.5. The van der Waals surface area contributed by atoms with E-state index in [1.165, 1.54) is 26.5 Å². The second-order valence-electron chi connectivity index (χ2n) is 8.03. The van der Waals surface area contributed by atoms with Crippen molar-refractivity contribution < 1.29 is 0 Å². The van der Waals surface area contributed by atoms with Gasteiger partial charge < -0.3 is 0 Å². The molecule has 3 aromatic carbocycles. The molecule has 0 saturated carbocycles. The molecule has 2 nitrogen and oxygen atoms in total. The Balaban J connectivity index is 1.39. The summed E-state index contributed by atoms with van der Waals surface area (Å²) in [5.41, 5.74) is 4.05. The molecule has 1 atom stereocenters. The molecule has 3 aromatic rings. The first-order valence-electron chi connectivity index (χ1n) is 10.4. The van der Waals surface area contributed by atoms with Crippen LogP contribution in [-0.2, 0) is 13.0 Å². The van der Waals surface area contributed by atoms with Crippen LogP contribution in [0.25, 0.3) is 0 Å². The van der Waals surface area contributed by atoms with Gasteiger partial charge in [-0.2, -0.15) is 0 Å². The molecular formula is C25H24Cl2N2S. The van der Waals surface area contributed by atoms with Crippen molar-refractivity contribution in [2.24, 2.45) is 0 Å². The maximum absolute atomic E-state index is 6.66. The van der Waals surface area contributed by atoms with E-state index in [0.29, 0.717) is 6.04 Å². The lowest BCUT2D eigenvalue weighted by molar-refractivity contribution is 0.0902. The Morgan fingerprint density at radius 1 is 0.867 bits per heavy atom. The van der Waals surface area contributed by atoms with Crippen LogP contribution in [0.15, 0.2) is 76.5 Å². The van der Waals surface area contributed by atoms with Crippen LogP contribution < -0.4 is 0 Å². The van der Waals surface area contributed by atoms with E-state index in [4.69, 9.17) is 23.2 Å². The average Bonchev–Trinajstić information content (AvgIpc) is 2.93. The molecule has 2 heterocycles. The van der Waals surface area contributed by atoms with Gasteiger partial charge in [0, 0.05) is 53.6 Å². The molecule has 0 spiro atoms. The maximum atomic E-state index is 6.66. The predicted octanol–water partition coefficient (Wildman–Crippen LogP) is 6.56. The summed E-state index contributed by atoms with van der Waals surface area (Å²) in [5.74, 6) is 0. The number of benzene rings is 3. The van der Waals surface area contributed by atoms with E-state index in [9.17, 15) is 0 Å². The van der Waals surface area contributed by atoms with Gasteiger partial charge in [-0.25, -0.2) is 0 Å². The molecule has 0 aliphatic carbocycles. The molecule has 2 aliphatic heterocycles. The molecule has 5 rings (SSSR count). The van der Waals surface area contributed by atoms with Gasteiger partial charge in [-0.1, -0.05) is 77.4 Å². The molecule has 0 aromatic heterocycles. The standard InChI is InChI=1S/C25H24Cl2N2S/c26-20-9-10-24-19(15-20)16-23(21-7-4-8-22(27)25(21)30-24)29-13-11-28(12-14-29)17-18-5-2-1-3-6-18/h1-10,15,23H,11-14,16-17H2/t23-/m0/s1. The number of piperazine rings is 1. The minimum absolute atomic E-state index is 0.324. The van der Waals surface area contributed by atoms with Gasteiger partial charge in [0.25, 0.3) is 0 Å². The predicted molar refractivity (Wildman–Crippen MR) is 127 cm³/mol. The molecule has 30 heavy (non-hydrogen) atoms. The first kappa shape index (κ1) is 20.4. The lowest BCUT2D eigenvalue weighted by Crippen LogP contribution is -2.47. The quantitative estimate of drug-likeness (QED) is 0.442. The Bertz CT molecular complexity index is 1030. The Hall–Kier alpha value is -1.49. The molecule has 1 fully saturated rings. The third kappa shape index (κ3) is 4.28. The first-order valence-corrected chi connectivity index (χ1v) is 12.0. The van der Waals surface area contributed by atoms with Crippen molar-refractivity contribution in [1.82, 2.24) is 9.80 Å². The van der Waals surface area contributed by atoms with E-state index in [2.05, 4.69) is 64.4 Å². The molecule has 1 saturated heterocycles. The summed E-state index contributed by atoms with van der Waals surface area (Å²) >= 11 is 14.8. The number of hydrogen-bond acceptors (Lipinski definition) is 3. The van der Waals surface area contributed by atoms with Crippen LogP contribution in [0, 0.1) is 0 Å². The third-order valence-corrected chi connectivity index (χ3v) is 8.04. The van der Waals surface area contributed by atoms with E-state index in [-0.39, 0.29) is 0 Å². The topological polar surface area (TPSA) is 6.48 Å². The molecule has 0 bridgehead atoms. The molecule has 0 N–H and O–H groups in total. The molecule has 154 valence electrons. The lowest BCUT2D eigenvalue weighted by Gasteiger charge is -2.39. The molecule has 5 heteroatoms. The summed E-state index contributed by atoms with van der Waals surface area (Å²) in [4.78, 5) is 7.64. The number of fused-ring (bicyclic) bond motifs is 2. The molecular weight excluding hydrogens is 431 g/mol. The second kappa shape index (κ2) is 8.94. The highest BCUT2D eigenvalue weighted by Gasteiger charge is 2.31. The van der Waals surface area contributed by atoms with Crippen LogP contribution in [0.1, 0.15) is 22.7 Å². The van der Waals surface area contributed by atoms with Crippen molar-refractivity contribution in [1.29, 1.82) is 0 Å². The third-order valence-electron chi connectivity index (χ3n) is 6.10. The van der Waals surface area contributed by atoms with Crippen molar-refractivity contribution in [3.8, 4) is 0 Å². The molecule has 0 amide bonds. The highest BCUT2D eigenvalue weighted by molar-refractivity contribution is 7.99. The van der Waals surface area contributed by atoms with E-state index in [1.54, 1.807) is 11.8 Å². The van der Waals surface area contributed by atoms with Gasteiger partial charge in [0.1, 0.15) is 0 Å². The molecule has 0 unspecified atom stereocenters. The zero-order chi connectivity index (χ0) is 20.5. The Morgan fingerprint density at radius 2 is 1.67 bits per heavy atom. The Kier molecular flexibility index (Phi) is 6.08. The van der Waals surface area contributed by atoms with Crippen LogP contribution in [0.4, 0.5) is 0 Å². The van der Waals surface area contributed by atoms with Crippen LogP contribution in [-0.4, -0.2) is 36.0 Å². The van der Waals surface area contributed by atoms with Crippen LogP contribution in [0.5, 0.6) is 0 Å². The lowest BCUT2D eigenvalue weighted by atomic mass is 9.96. The van der Waals surface area contributed by atoms with E-state index in [0.717, 1.165) is 49.2 Å². The first-order chi connectivity index (χ1) is 14.7. The van der Waals surface area contributed by atoms with Gasteiger partial charge in [0.2, 0.25) is 0 Å². The molecule has 2 aliphatic rings. The van der Waals surface area contributed by atoms with Gasteiger partial charge in [-0.05, 0) is 47.4 Å². The Labute approximate surface area is 192 Å². The van der Waals surface area contributed by atoms with Crippen molar-refractivity contribution in [2.75, 3.05) is 26.2 Å². The van der Waals surface area contributed by atoms with Gasteiger partial charge >= 0.3 is 0 Å². The fourth-order valence-corrected chi connectivity index (χ4v) is 6.14. The van der Waals surface area contributed by atoms with Crippen molar-refractivity contribution in [3.05, 3.63) is 93.5 Å². The second-order valence-corrected chi connectivity index (χ2v) is 9.93. The largest absolute Gasteiger partial charge is 0.297 e. The smallest absolute Gasteiger partial charge is 0.0548 e. The van der Waals surface area contributed by atoms with E-state index >= 15 is 0 Å². The number of nitrogens with zero attached hydrogens (tertiary/aromatic N) is 2. The summed E-state index contributed by atoms with van der Waals surface area (Å²) in [7, 11) is 0. The summed E-state index contributed by atoms with van der Waals surface area (Å²) in [5, 5.41) is 1.64. The van der Waals surface area contributed by atoms with Gasteiger partial charge in [0.15, 0.2) is 0 Å². The van der Waals surface area contributed by atoms with E-state index in [1.807, 2.05) is 12.1 Å². The zero-order valence-corrected chi connectivity index (χ0v) is 19.1. The van der Waals surface area contributed by atoms with Crippen molar-refractivity contribution in [3.63, 3.8) is 0 Å². The number of halogens is 2. The fraction of sp³-hybridized carbons (Fsp3) is 0.280. The summed E-state index contributed by atoms with van der Waals surface area (Å²) in [6, 6.07) is 23.7. The summed E-state index contributed by atoms with van der Waals surface area (Å²) in [6.45, 7) is 5.30. The van der Waals surface area contributed by atoms with Gasteiger partial charge in [0.05, 0.1) is 5.02 Å². The highest BCUT2D eigenvalue weighted by Crippen LogP contribution is 2.46. The van der Waals surface area contributed by atoms with Crippen LogP contribution in [0.3, 0.4) is 0 Å². The molecule has 0 radical (unpaired) electrons. The van der Waals surface area contributed by atoms with Gasteiger partial charge in [-0.3, -0.25) is 9.80 Å². The monoisotopic (exact) mass is 454 g/mol. The minimum atomic E-state index is 0.324. The zero-order valence-electron chi connectivity index (χ0n) is 16.7. The van der Waals surface area contributed by atoms with Crippen molar-refractivity contribution in [2.45, 2.75) is 28.8 Å². The van der Waals surface area contributed by atoms with E-state index < -0.39 is 0 Å². The summed E-state index contributed by atoms with van der Waals surface area (Å²) in [6.07, 6.45) is 0.967. The normalized spacial score (nSPS) is 19.7. The summed E-state index contributed by atoms with van der Waals surface area (Å²) < 4.78 is 0.